The molecule has 2 aromatic carbocycles. The molecule has 2 aliphatic rings. The molecule has 0 spiro atoms. The monoisotopic (exact) mass is 502 g/mol. The van der Waals surface area contributed by atoms with Crippen molar-refractivity contribution >= 4 is 11.7 Å². The van der Waals surface area contributed by atoms with Crippen molar-refractivity contribution < 1.29 is 27.9 Å². The molecule has 1 heterocycles. The van der Waals surface area contributed by atoms with Crippen LogP contribution in [-0.2, 0) is 23.9 Å². The Morgan fingerprint density at radius 3 is 2.44 bits per heavy atom. The van der Waals surface area contributed by atoms with Gasteiger partial charge in [-0.3, -0.25) is 9.69 Å². The van der Waals surface area contributed by atoms with E-state index in [0.29, 0.717) is 30.9 Å². The smallest absolute Gasteiger partial charge is 0.416 e. The highest BCUT2D eigenvalue weighted by atomic mass is 19.4. The van der Waals surface area contributed by atoms with Crippen molar-refractivity contribution in [2.24, 2.45) is 11.1 Å². The average molecular weight is 503 g/mol. The number of carboxylic acid groups (broad SMARTS) is 1. The van der Waals surface area contributed by atoms with Gasteiger partial charge in [0.05, 0.1) is 17.2 Å². The lowest BCUT2D eigenvalue weighted by Gasteiger charge is -2.37. The molecule has 0 unspecified atom stereocenters. The highest BCUT2D eigenvalue weighted by Gasteiger charge is 2.36. The lowest BCUT2D eigenvalue weighted by atomic mass is 9.82. The number of nitrogens with zero attached hydrogens (tertiary/aromatic N) is 2. The maximum atomic E-state index is 13.8. The summed E-state index contributed by atoms with van der Waals surface area (Å²) in [6.45, 7) is 5.60. The average Bonchev–Trinajstić information content (AvgIpc) is 2.84. The van der Waals surface area contributed by atoms with Gasteiger partial charge in [0, 0.05) is 19.6 Å². The van der Waals surface area contributed by atoms with Gasteiger partial charge in [0.1, 0.15) is 0 Å². The zero-order valence-electron chi connectivity index (χ0n) is 20.8. The molecule has 1 aliphatic carbocycles. The van der Waals surface area contributed by atoms with Gasteiger partial charge in [-0.25, -0.2) is 0 Å². The van der Waals surface area contributed by atoms with Crippen molar-refractivity contribution in [3.05, 3.63) is 64.2 Å². The summed E-state index contributed by atoms with van der Waals surface area (Å²) in [4.78, 5) is 18.6. The lowest BCUT2D eigenvalue weighted by molar-refractivity contribution is -0.147. The van der Waals surface area contributed by atoms with E-state index >= 15 is 0 Å². The molecule has 2 fully saturated rings. The molecule has 36 heavy (non-hydrogen) atoms. The summed E-state index contributed by atoms with van der Waals surface area (Å²) in [5, 5.41) is 13.2. The topological polar surface area (TPSA) is 62.1 Å². The summed E-state index contributed by atoms with van der Waals surface area (Å²) < 4.78 is 41.5. The maximum Gasteiger partial charge on any atom is 0.416 e. The molecule has 1 N–H and O–H groups in total. The summed E-state index contributed by atoms with van der Waals surface area (Å²) in [5.41, 5.74) is 3.38. The van der Waals surface area contributed by atoms with Crippen molar-refractivity contribution in [3.63, 3.8) is 0 Å². The molecule has 1 aliphatic heterocycles. The van der Waals surface area contributed by atoms with Gasteiger partial charge in [-0.15, -0.1) is 0 Å². The third kappa shape index (κ3) is 6.09. The van der Waals surface area contributed by atoms with Gasteiger partial charge >= 0.3 is 12.1 Å². The van der Waals surface area contributed by atoms with Gasteiger partial charge in [-0.05, 0) is 72.6 Å². The Balaban J connectivity index is 1.47. The van der Waals surface area contributed by atoms with E-state index in [0.717, 1.165) is 61.3 Å². The third-order valence-corrected chi connectivity index (χ3v) is 7.37. The normalized spacial score (nSPS) is 18.2. The molecule has 4 rings (SSSR count). The number of hydrogen-bond acceptors (Lipinski definition) is 4. The molecule has 0 bridgehead atoms. The Morgan fingerprint density at radius 2 is 1.81 bits per heavy atom. The van der Waals surface area contributed by atoms with E-state index in [4.69, 9.17) is 9.94 Å². The minimum atomic E-state index is -4.45. The number of hydrogen-bond donors (Lipinski definition) is 1. The van der Waals surface area contributed by atoms with Crippen LogP contribution in [0.2, 0.25) is 0 Å². The summed E-state index contributed by atoms with van der Waals surface area (Å²) in [6, 6.07) is 10.1. The standard InChI is InChI=1S/C28H33F3N2O3/c1-3-19-13-21(9-10-22(19)15-33-16-23(17-33)27(34)35)18(2)32-36-24-11-12-25(20-7-5-4-6-8-20)26(14-24)28(29,30)31/h9-14,20,23H,3-8,15-17H2,1-2H3,(H,34,35)/b32-18+. The number of alkyl halides is 3. The summed E-state index contributed by atoms with van der Waals surface area (Å²) in [7, 11) is 0. The largest absolute Gasteiger partial charge is 0.481 e. The van der Waals surface area contributed by atoms with Crippen molar-refractivity contribution in [2.45, 2.75) is 71.0 Å². The van der Waals surface area contributed by atoms with Crippen molar-refractivity contribution in [1.29, 1.82) is 0 Å². The van der Waals surface area contributed by atoms with Crippen LogP contribution < -0.4 is 4.84 Å². The van der Waals surface area contributed by atoms with Crippen LogP contribution in [0.5, 0.6) is 5.75 Å². The van der Waals surface area contributed by atoms with Gasteiger partial charge in [0.25, 0.3) is 0 Å². The highest BCUT2D eigenvalue weighted by Crippen LogP contribution is 2.42. The van der Waals surface area contributed by atoms with Crippen LogP contribution in [0.15, 0.2) is 41.6 Å². The van der Waals surface area contributed by atoms with Crippen molar-refractivity contribution in [2.75, 3.05) is 13.1 Å². The molecule has 1 saturated carbocycles. The molecule has 0 radical (unpaired) electrons. The van der Waals surface area contributed by atoms with Crippen LogP contribution in [-0.4, -0.2) is 34.8 Å². The molecular weight excluding hydrogens is 469 g/mol. The molecular formula is C28H33F3N2O3. The Hall–Kier alpha value is -2.87. The van der Waals surface area contributed by atoms with E-state index in [1.54, 1.807) is 19.1 Å². The number of oxime groups is 1. The first-order valence-electron chi connectivity index (χ1n) is 12.7. The molecule has 194 valence electrons. The quantitative estimate of drug-likeness (QED) is 0.325. The minimum Gasteiger partial charge on any atom is -0.481 e. The fourth-order valence-corrected chi connectivity index (χ4v) is 5.21. The Bertz CT molecular complexity index is 1120. The van der Waals surface area contributed by atoms with Crippen molar-refractivity contribution in [3.8, 4) is 5.75 Å². The number of aryl methyl sites for hydroxylation is 1. The second-order valence-corrected chi connectivity index (χ2v) is 9.92. The fraction of sp³-hybridized carbons (Fsp3) is 0.500. The minimum absolute atomic E-state index is 0.0630. The second-order valence-electron chi connectivity index (χ2n) is 9.92. The van der Waals surface area contributed by atoms with Crippen LogP contribution in [0.25, 0.3) is 0 Å². The number of carbonyl (C=O) groups is 1. The van der Waals surface area contributed by atoms with Crippen LogP contribution in [0.1, 0.15) is 79.7 Å². The van der Waals surface area contributed by atoms with E-state index in [-0.39, 0.29) is 17.6 Å². The van der Waals surface area contributed by atoms with E-state index < -0.39 is 17.7 Å². The number of halogens is 3. The molecule has 2 aromatic rings. The predicted molar refractivity (Wildman–Crippen MR) is 132 cm³/mol. The third-order valence-electron chi connectivity index (χ3n) is 7.37. The van der Waals surface area contributed by atoms with Crippen LogP contribution in [0.4, 0.5) is 13.2 Å². The zero-order valence-corrected chi connectivity index (χ0v) is 20.8. The van der Waals surface area contributed by atoms with Gasteiger partial charge < -0.3 is 9.94 Å². The molecule has 8 heteroatoms. The fourth-order valence-electron chi connectivity index (χ4n) is 5.21. The van der Waals surface area contributed by atoms with Gasteiger partial charge in [0.2, 0.25) is 0 Å². The Labute approximate surface area is 209 Å². The van der Waals surface area contributed by atoms with E-state index in [2.05, 4.69) is 10.1 Å². The van der Waals surface area contributed by atoms with Gasteiger partial charge in [0.15, 0.2) is 5.75 Å². The van der Waals surface area contributed by atoms with Crippen LogP contribution in [0, 0.1) is 5.92 Å². The first-order valence-corrected chi connectivity index (χ1v) is 12.7. The number of carboxylic acids is 1. The molecule has 0 atom stereocenters. The number of aliphatic carboxylic acids is 1. The lowest BCUT2D eigenvalue weighted by Crippen LogP contribution is -2.49. The first-order chi connectivity index (χ1) is 17.2. The molecule has 0 aromatic heterocycles. The number of benzene rings is 2. The van der Waals surface area contributed by atoms with E-state index in [9.17, 15) is 18.0 Å². The SMILES string of the molecule is CCc1cc(/C(C)=N/Oc2ccc(C3CCCCC3)c(C(F)(F)F)c2)ccc1CN1CC(C(=O)O)C1. The van der Waals surface area contributed by atoms with Gasteiger partial charge in [-0.2, -0.15) is 13.2 Å². The molecule has 0 amide bonds. The van der Waals surface area contributed by atoms with E-state index in [1.807, 2.05) is 25.1 Å². The summed E-state index contributed by atoms with van der Waals surface area (Å²) in [5.74, 6) is -1.04. The van der Waals surface area contributed by atoms with Crippen LogP contribution >= 0.6 is 0 Å². The number of likely N-dealkylation sites (tertiary alicyclic amines) is 1. The van der Waals surface area contributed by atoms with Crippen LogP contribution in [0.3, 0.4) is 0 Å². The molecule has 1 saturated heterocycles. The zero-order chi connectivity index (χ0) is 25.9. The summed E-state index contributed by atoms with van der Waals surface area (Å²) >= 11 is 0. The Kier molecular flexibility index (Phi) is 8.03. The maximum absolute atomic E-state index is 13.8. The van der Waals surface area contributed by atoms with E-state index in [1.165, 1.54) is 0 Å². The van der Waals surface area contributed by atoms with Crippen molar-refractivity contribution in [1.82, 2.24) is 4.90 Å². The second kappa shape index (κ2) is 11.0. The van der Waals surface area contributed by atoms with Gasteiger partial charge in [-0.1, -0.05) is 49.5 Å². The molecule has 5 nitrogen and oxygen atoms in total. The highest BCUT2D eigenvalue weighted by molar-refractivity contribution is 5.98. The summed E-state index contributed by atoms with van der Waals surface area (Å²) in [6.07, 6.45) is 0.925. The first kappa shape index (κ1) is 26.2. The number of rotatable bonds is 8. The Morgan fingerprint density at radius 1 is 1.08 bits per heavy atom. The predicted octanol–water partition coefficient (Wildman–Crippen LogP) is 6.63.